The van der Waals surface area contributed by atoms with Crippen molar-refractivity contribution in [2.45, 2.75) is 19.4 Å². The van der Waals surface area contributed by atoms with Crippen molar-refractivity contribution in [2.24, 2.45) is 0 Å². The standard InChI is InChI=1S/C11H15ClN2O2/c1-8(5-6-12)14-10(15)9-4-3-7-13-11(9)16-2/h3-4,7-8H,5-6H2,1-2H3,(H,14,15). The smallest absolute Gasteiger partial charge is 0.256 e. The molecule has 0 aliphatic rings. The molecular weight excluding hydrogens is 228 g/mol. The van der Waals surface area contributed by atoms with E-state index in [1.807, 2.05) is 6.92 Å². The Hall–Kier alpha value is -1.29. The number of methoxy groups -OCH3 is 1. The number of ether oxygens (including phenoxy) is 1. The van der Waals surface area contributed by atoms with Gasteiger partial charge in [-0.3, -0.25) is 4.79 Å². The largest absolute Gasteiger partial charge is 0.480 e. The van der Waals surface area contributed by atoms with Crippen molar-refractivity contribution in [3.05, 3.63) is 23.9 Å². The van der Waals surface area contributed by atoms with E-state index in [-0.39, 0.29) is 11.9 Å². The van der Waals surface area contributed by atoms with E-state index in [1.165, 1.54) is 7.11 Å². The average Bonchev–Trinajstić information content (AvgIpc) is 2.29. The zero-order valence-electron chi connectivity index (χ0n) is 9.37. The van der Waals surface area contributed by atoms with Gasteiger partial charge in [0.15, 0.2) is 0 Å². The summed E-state index contributed by atoms with van der Waals surface area (Å²) >= 11 is 5.60. The molecule has 1 atom stereocenters. The maximum absolute atomic E-state index is 11.8. The Morgan fingerprint density at radius 1 is 1.69 bits per heavy atom. The molecule has 0 spiro atoms. The van der Waals surface area contributed by atoms with E-state index < -0.39 is 0 Å². The maximum atomic E-state index is 11.8. The highest BCUT2D eigenvalue weighted by Crippen LogP contribution is 2.13. The predicted molar refractivity (Wildman–Crippen MR) is 63.1 cm³/mol. The number of alkyl halides is 1. The summed E-state index contributed by atoms with van der Waals surface area (Å²) in [5, 5.41) is 2.83. The SMILES string of the molecule is COc1ncccc1C(=O)NC(C)CCCl. The van der Waals surface area contributed by atoms with Crippen molar-refractivity contribution >= 4 is 17.5 Å². The molecule has 1 aromatic heterocycles. The average molecular weight is 243 g/mol. The third kappa shape index (κ3) is 3.38. The highest BCUT2D eigenvalue weighted by molar-refractivity contribution is 6.17. The first-order valence-electron chi connectivity index (χ1n) is 5.05. The number of nitrogens with zero attached hydrogens (tertiary/aromatic N) is 1. The molecule has 4 nitrogen and oxygen atoms in total. The summed E-state index contributed by atoms with van der Waals surface area (Å²) in [4.78, 5) is 15.8. The first-order chi connectivity index (χ1) is 7.69. The highest BCUT2D eigenvalue weighted by atomic mass is 35.5. The fraction of sp³-hybridized carbons (Fsp3) is 0.455. The fourth-order valence-electron chi connectivity index (χ4n) is 1.26. The van der Waals surface area contributed by atoms with Crippen LogP contribution in [0.5, 0.6) is 5.88 Å². The molecule has 0 saturated carbocycles. The summed E-state index contributed by atoms with van der Waals surface area (Å²) in [6.07, 6.45) is 2.31. The number of carbonyl (C=O) groups excluding carboxylic acids is 1. The lowest BCUT2D eigenvalue weighted by Crippen LogP contribution is -2.33. The first kappa shape index (κ1) is 12.8. The molecule has 5 heteroatoms. The summed E-state index contributed by atoms with van der Waals surface area (Å²) < 4.78 is 5.01. The molecule has 0 bridgehead atoms. The van der Waals surface area contributed by atoms with Gasteiger partial charge in [0.2, 0.25) is 5.88 Å². The predicted octanol–water partition coefficient (Wildman–Crippen LogP) is 1.84. The molecule has 1 rings (SSSR count). The summed E-state index contributed by atoms with van der Waals surface area (Å²) in [6, 6.07) is 3.41. The van der Waals surface area contributed by atoms with Crippen LogP contribution in [0.2, 0.25) is 0 Å². The van der Waals surface area contributed by atoms with Crippen molar-refractivity contribution in [3.8, 4) is 5.88 Å². The number of aromatic nitrogens is 1. The van der Waals surface area contributed by atoms with E-state index in [9.17, 15) is 4.79 Å². The Kier molecular flexibility index (Phi) is 5.05. The number of halogens is 1. The third-order valence-corrected chi connectivity index (χ3v) is 2.35. The number of nitrogens with one attached hydrogen (secondary N) is 1. The molecular formula is C11H15ClN2O2. The minimum absolute atomic E-state index is 0.0370. The summed E-state index contributed by atoms with van der Waals surface area (Å²) in [5.41, 5.74) is 0.437. The molecule has 0 aromatic carbocycles. The van der Waals surface area contributed by atoms with Gasteiger partial charge in [0, 0.05) is 18.1 Å². The van der Waals surface area contributed by atoms with Gasteiger partial charge >= 0.3 is 0 Å². The van der Waals surface area contributed by atoms with Crippen molar-refractivity contribution in [1.82, 2.24) is 10.3 Å². The highest BCUT2D eigenvalue weighted by Gasteiger charge is 2.14. The van der Waals surface area contributed by atoms with Gasteiger partial charge in [-0.2, -0.15) is 0 Å². The summed E-state index contributed by atoms with van der Waals surface area (Å²) in [6.45, 7) is 1.91. The molecule has 0 saturated heterocycles. The Balaban J connectivity index is 2.72. The zero-order chi connectivity index (χ0) is 12.0. The van der Waals surface area contributed by atoms with Crippen molar-refractivity contribution in [2.75, 3.05) is 13.0 Å². The number of amides is 1. The van der Waals surface area contributed by atoms with E-state index in [2.05, 4.69) is 10.3 Å². The fourth-order valence-corrected chi connectivity index (χ4v) is 1.59. The van der Waals surface area contributed by atoms with Crippen LogP contribution in [0.15, 0.2) is 18.3 Å². The van der Waals surface area contributed by atoms with Gasteiger partial charge < -0.3 is 10.1 Å². The molecule has 1 amide bonds. The Morgan fingerprint density at radius 3 is 3.06 bits per heavy atom. The Labute approximate surface area is 100.0 Å². The van der Waals surface area contributed by atoms with Gasteiger partial charge in [-0.1, -0.05) is 0 Å². The molecule has 0 radical (unpaired) electrons. The van der Waals surface area contributed by atoms with Crippen LogP contribution in [-0.4, -0.2) is 29.9 Å². The van der Waals surface area contributed by atoms with Crippen molar-refractivity contribution in [3.63, 3.8) is 0 Å². The van der Waals surface area contributed by atoms with E-state index in [1.54, 1.807) is 18.3 Å². The molecule has 0 aliphatic heterocycles. The number of rotatable bonds is 5. The number of hydrogen-bond donors (Lipinski definition) is 1. The molecule has 1 heterocycles. The second-order valence-corrected chi connectivity index (χ2v) is 3.79. The van der Waals surface area contributed by atoms with Gasteiger partial charge in [-0.25, -0.2) is 4.98 Å². The number of carbonyl (C=O) groups is 1. The second-order valence-electron chi connectivity index (χ2n) is 3.41. The maximum Gasteiger partial charge on any atom is 0.256 e. The van der Waals surface area contributed by atoms with Gasteiger partial charge in [-0.15, -0.1) is 11.6 Å². The van der Waals surface area contributed by atoms with Crippen LogP contribution in [0.4, 0.5) is 0 Å². The monoisotopic (exact) mass is 242 g/mol. The molecule has 1 N–H and O–H groups in total. The van der Waals surface area contributed by atoms with Crippen LogP contribution in [-0.2, 0) is 0 Å². The lowest BCUT2D eigenvalue weighted by Gasteiger charge is -2.13. The van der Waals surface area contributed by atoms with Crippen LogP contribution in [0.25, 0.3) is 0 Å². The van der Waals surface area contributed by atoms with Crippen LogP contribution in [0.1, 0.15) is 23.7 Å². The van der Waals surface area contributed by atoms with Crippen LogP contribution in [0.3, 0.4) is 0 Å². The van der Waals surface area contributed by atoms with Crippen LogP contribution < -0.4 is 10.1 Å². The molecule has 16 heavy (non-hydrogen) atoms. The quantitative estimate of drug-likeness (QED) is 0.802. The minimum atomic E-state index is -0.192. The lowest BCUT2D eigenvalue weighted by atomic mass is 10.2. The van der Waals surface area contributed by atoms with E-state index in [0.717, 1.165) is 6.42 Å². The summed E-state index contributed by atoms with van der Waals surface area (Å²) in [7, 11) is 1.49. The summed E-state index contributed by atoms with van der Waals surface area (Å²) in [5.74, 6) is 0.659. The third-order valence-electron chi connectivity index (χ3n) is 2.13. The van der Waals surface area contributed by atoms with Gasteiger partial charge in [0.1, 0.15) is 5.56 Å². The molecule has 1 unspecified atom stereocenters. The molecule has 0 fully saturated rings. The second kappa shape index (κ2) is 6.33. The number of hydrogen-bond acceptors (Lipinski definition) is 3. The van der Waals surface area contributed by atoms with Gasteiger partial charge in [-0.05, 0) is 25.5 Å². The van der Waals surface area contributed by atoms with Gasteiger partial charge in [0.25, 0.3) is 5.91 Å². The Morgan fingerprint density at radius 2 is 2.44 bits per heavy atom. The first-order valence-corrected chi connectivity index (χ1v) is 5.58. The van der Waals surface area contributed by atoms with Crippen molar-refractivity contribution < 1.29 is 9.53 Å². The Bertz CT molecular complexity index is 358. The van der Waals surface area contributed by atoms with Gasteiger partial charge in [0.05, 0.1) is 7.11 Å². The molecule has 1 aromatic rings. The van der Waals surface area contributed by atoms with E-state index in [4.69, 9.17) is 16.3 Å². The van der Waals surface area contributed by atoms with Crippen LogP contribution >= 0.6 is 11.6 Å². The molecule has 88 valence electrons. The van der Waals surface area contributed by atoms with Crippen molar-refractivity contribution in [1.29, 1.82) is 0 Å². The topological polar surface area (TPSA) is 51.2 Å². The van der Waals surface area contributed by atoms with E-state index in [0.29, 0.717) is 17.3 Å². The number of pyridine rings is 1. The minimum Gasteiger partial charge on any atom is -0.480 e. The van der Waals surface area contributed by atoms with E-state index >= 15 is 0 Å². The zero-order valence-corrected chi connectivity index (χ0v) is 10.1. The van der Waals surface area contributed by atoms with Crippen LogP contribution in [0, 0.1) is 0 Å². The lowest BCUT2D eigenvalue weighted by molar-refractivity contribution is 0.0935. The normalized spacial score (nSPS) is 11.9. The molecule has 0 aliphatic carbocycles.